The van der Waals surface area contributed by atoms with E-state index in [1.165, 1.54) is 30.3 Å². The summed E-state index contributed by atoms with van der Waals surface area (Å²) in [7, 11) is 0. The monoisotopic (exact) mass is 402 g/mol. The predicted octanol–water partition coefficient (Wildman–Crippen LogP) is 7.53. The number of aromatic nitrogens is 2. The number of nitrogens with zero attached hydrogens (tertiary/aromatic N) is 2. The Bertz CT molecular complexity index is 1500. The summed E-state index contributed by atoms with van der Waals surface area (Å²) < 4.78 is 3.73. The summed E-state index contributed by atoms with van der Waals surface area (Å²) in [5, 5.41) is 5.11. The summed E-state index contributed by atoms with van der Waals surface area (Å²) in [4.78, 5) is 10.1. The van der Waals surface area contributed by atoms with Crippen LogP contribution < -0.4 is 0 Å². The Kier molecular flexibility index (Phi) is 3.29. The summed E-state index contributed by atoms with van der Waals surface area (Å²) in [6, 6.07) is 23.3. The average Bonchev–Trinajstić information content (AvgIpc) is 3.25. The zero-order valence-corrected chi connectivity index (χ0v) is 16.3. The van der Waals surface area contributed by atoms with Crippen molar-refractivity contribution in [2.45, 2.75) is 0 Å². The Labute approximate surface area is 167 Å². The van der Waals surface area contributed by atoms with Crippen LogP contribution in [0.25, 0.3) is 51.7 Å². The minimum Gasteiger partial charge on any atom is -0.217 e. The van der Waals surface area contributed by atoms with Gasteiger partial charge in [0, 0.05) is 41.2 Å². The molecule has 6 rings (SSSR count). The maximum absolute atomic E-state index is 6.32. The number of hydrogen-bond donors (Lipinski definition) is 0. The topological polar surface area (TPSA) is 25.8 Å². The number of hydrogen-bond acceptors (Lipinski definition) is 4. The SMILES string of the molecule is Clc1nc(-c2cccc3c2sc2ccccc23)c2c(n1)sc1ccccc12. The van der Waals surface area contributed by atoms with Gasteiger partial charge in [-0.1, -0.05) is 54.6 Å². The highest BCUT2D eigenvalue weighted by Crippen LogP contribution is 2.44. The zero-order valence-electron chi connectivity index (χ0n) is 13.9. The second kappa shape index (κ2) is 5.73. The fourth-order valence-corrected chi connectivity index (χ4v) is 6.24. The Balaban J connectivity index is 1.80. The molecule has 2 nitrogen and oxygen atoms in total. The van der Waals surface area contributed by atoms with E-state index in [4.69, 9.17) is 11.6 Å². The average molecular weight is 403 g/mol. The molecule has 0 aliphatic carbocycles. The quantitative estimate of drug-likeness (QED) is 0.265. The number of thiophene rings is 2. The lowest BCUT2D eigenvalue weighted by atomic mass is 10.0. The third-order valence-corrected chi connectivity index (χ3v) is 7.32. The largest absolute Gasteiger partial charge is 0.224 e. The van der Waals surface area contributed by atoms with E-state index in [9.17, 15) is 0 Å². The molecule has 0 saturated heterocycles. The van der Waals surface area contributed by atoms with Gasteiger partial charge in [-0.3, -0.25) is 0 Å². The third kappa shape index (κ3) is 2.24. The first-order valence-electron chi connectivity index (χ1n) is 8.55. The number of benzene rings is 3. The lowest BCUT2D eigenvalue weighted by molar-refractivity contribution is 1.24. The van der Waals surface area contributed by atoms with E-state index in [-0.39, 0.29) is 0 Å². The maximum atomic E-state index is 6.32. The highest BCUT2D eigenvalue weighted by atomic mass is 35.5. The van der Waals surface area contributed by atoms with Gasteiger partial charge in [0.25, 0.3) is 0 Å². The first-order valence-corrected chi connectivity index (χ1v) is 10.6. The van der Waals surface area contributed by atoms with Crippen molar-refractivity contribution in [2.24, 2.45) is 0 Å². The molecule has 5 heteroatoms. The van der Waals surface area contributed by atoms with Gasteiger partial charge in [-0.05, 0) is 23.7 Å². The molecule has 27 heavy (non-hydrogen) atoms. The van der Waals surface area contributed by atoms with E-state index in [2.05, 4.69) is 76.7 Å². The van der Waals surface area contributed by atoms with Crippen molar-refractivity contribution < 1.29 is 0 Å². The van der Waals surface area contributed by atoms with Gasteiger partial charge in [-0.15, -0.1) is 22.7 Å². The molecule has 0 saturated carbocycles. The normalized spacial score (nSPS) is 11.9. The summed E-state index contributed by atoms with van der Waals surface area (Å²) in [5.74, 6) is 0. The van der Waals surface area contributed by atoms with Gasteiger partial charge in [-0.25, -0.2) is 9.97 Å². The van der Waals surface area contributed by atoms with Gasteiger partial charge in [0.05, 0.1) is 5.69 Å². The molecule has 0 atom stereocenters. The van der Waals surface area contributed by atoms with Crippen molar-refractivity contribution in [1.82, 2.24) is 9.97 Å². The molecule has 6 aromatic rings. The van der Waals surface area contributed by atoms with E-state index in [0.717, 1.165) is 21.5 Å². The van der Waals surface area contributed by atoms with Crippen LogP contribution in [0.4, 0.5) is 0 Å². The van der Waals surface area contributed by atoms with Crippen LogP contribution in [0.3, 0.4) is 0 Å². The van der Waals surface area contributed by atoms with E-state index < -0.39 is 0 Å². The van der Waals surface area contributed by atoms with Gasteiger partial charge in [0.15, 0.2) is 0 Å². The predicted molar refractivity (Wildman–Crippen MR) is 118 cm³/mol. The van der Waals surface area contributed by atoms with Crippen molar-refractivity contribution in [3.05, 3.63) is 72.0 Å². The second-order valence-corrected chi connectivity index (χ2v) is 8.82. The second-order valence-electron chi connectivity index (χ2n) is 6.40. The minimum atomic E-state index is 0.294. The molecule has 3 aromatic heterocycles. The molecule has 0 fully saturated rings. The molecule has 0 spiro atoms. The molecule has 3 aromatic carbocycles. The highest BCUT2D eigenvalue weighted by Gasteiger charge is 2.18. The molecule has 0 aliphatic heterocycles. The summed E-state index contributed by atoms with van der Waals surface area (Å²) in [6.45, 7) is 0. The van der Waals surface area contributed by atoms with E-state index in [1.807, 2.05) is 0 Å². The molecular weight excluding hydrogens is 392 g/mol. The van der Waals surface area contributed by atoms with Crippen LogP contribution in [0.2, 0.25) is 5.28 Å². The highest BCUT2D eigenvalue weighted by molar-refractivity contribution is 7.26. The maximum Gasteiger partial charge on any atom is 0.224 e. The molecule has 3 heterocycles. The van der Waals surface area contributed by atoms with Gasteiger partial charge in [0.1, 0.15) is 4.83 Å². The molecule has 0 aliphatic rings. The molecule has 0 amide bonds. The van der Waals surface area contributed by atoms with Crippen LogP contribution in [-0.2, 0) is 0 Å². The summed E-state index contributed by atoms with van der Waals surface area (Å²) in [5.41, 5.74) is 2.03. The van der Waals surface area contributed by atoms with Gasteiger partial charge < -0.3 is 0 Å². The van der Waals surface area contributed by atoms with Crippen LogP contribution in [0.1, 0.15) is 0 Å². The Hall–Kier alpha value is -2.53. The third-order valence-electron chi connectivity index (χ3n) is 4.87. The molecule has 0 radical (unpaired) electrons. The standard InChI is InChI=1S/C22H11ClN2S2/c23-22-24-19(18-14-7-2-4-11-17(14)27-21(18)25-22)15-9-5-8-13-12-6-1-3-10-16(12)26-20(13)15/h1-11H. The fourth-order valence-electron chi connectivity index (χ4n) is 3.73. The van der Waals surface area contributed by atoms with Crippen molar-refractivity contribution in [2.75, 3.05) is 0 Å². The molecule has 128 valence electrons. The van der Waals surface area contributed by atoms with Crippen LogP contribution in [0, 0.1) is 0 Å². The van der Waals surface area contributed by atoms with Crippen molar-refractivity contribution in [3.63, 3.8) is 0 Å². The van der Waals surface area contributed by atoms with Crippen molar-refractivity contribution >= 4 is 74.7 Å². The minimum absolute atomic E-state index is 0.294. The fraction of sp³-hybridized carbons (Fsp3) is 0. The van der Waals surface area contributed by atoms with Crippen LogP contribution in [0.15, 0.2) is 66.7 Å². The van der Waals surface area contributed by atoms with E-state index in [0.29, 0.717) is 5.28 Å². The smallest absolute Gasteiger partial charge is 0.217 e. The lowest BCUT2D eigenvalue weighted by Crippen LogP contribution is -1.89. The van der Waals surface area contributed by atoms with Crippen LogP contribution >= 0.6 is 34.3 Å². The Morgan fingerprint density at radius 2 is 1.37 bits per heavy atom. The van der Waals surface area contributed by atoms with E-state index in [1.54, 1.807) is 22.7 Å². The summed E-state index contributed by atoms with van der Waals surface area (Å²) >= 11 is 9.79. The number of halogens is 1. The van der Waals surface area contributed by atoms with Gasteiger partial charge in [-0.2, -0.15) is 0 Å². The molecule has 0 N–H and O–H groups in total. The Morgan fingerprint density at radius 3 is 2.22 bits per heavy atom. The van der Waals surface area contributed by atoms with Crippen LogP contribution in [-0.4, -0.2) is 9.97 Å². The van der Waals surface area contributed by atoms with Gasteiger partial charge >= 0.3 is 0 Å². The number of rotatable bonds is 1. The molecule has 0 bridgehead atoms. The number of fused-ring (bicyclic) bond motifs is 6. The molecular formula is C22H11ClN2S2. The molecule has 0 unspecified atom stereocenters. The van der Waals surface area contributed by atoms with Crippen LogP contribution in [0.5, 0.6) is 0 Å². The van der Waals surface area contributed by atoms with Gasteiger partial charge in [0.2, 0.25) is 5.28 Å². The van der Waals surface area contributed by atoms with Crippen molar-refractivity contribution in [3.8, 4) is 11.3 Å². The Morgan fingerprint density at radius 1 is 0.667 bits per heavy atom. The first kappa shape index (κ1) is 15.5. The van der Waals surface area contributed by atoms with Crippen molar-refractivity contribution in [1.29, 1.82) is 0 Å². The summed E-state index contributed by atoms with van der Waals surface area (Å²) in [6.07, 6.45) is 0. The first-order chi connectivity index (χ1) is 13.3. The zero-order chi connectivity index (χ0) is 18.0. The lowest BCUT2D eigenvalue weighted by Gasteiger charge is -2.06. The van der Waals surface area contributed by atoms with E-state index >= 15 is 0 Å².